The lowest BCUT2D eigenvalue weighted by molar-refractivity contribution is -0.141. The Morgan fingerprint density at radius 3 is 2.22 bits per heavy atom. The lowest BCUT2D eigenvalue weighted by Crippen LogP contribution is -2.13. The van der Waals surface area contributed by atoms with Crippen LogP contribution in [0.1, 0.15) is 16.1 Å². The molecular formula is C11H7F3N2O2. The van der Waals surface area contributed by atoms with Gasteiger partial charge in [0, 0.05) is 11.6 Å². The molecule has 0 atom stereocenters. The van der Waals surface area contributed by atoms with Crippen molar-refractivity contribution in [3.8, 4) is 5.69 Å². The number of carbonyl (C=O) groups excluding carboxylic acids is 1. The molecule has 0 unspecified atom stereocenters. The van der Waals surface area contributed by atoms with E-state index in [1.165, 1.54) is 24.3 Å². The van der Waals surface area contributed by atoms with Crippen molar-refractivity contribution >= 4 is 6.29 Å². The van der Waals surface area contributed by atoms with Crippen LogP contribution < -0.4 is 5.56 Å². The van der Waals surface area contributed by atoms with Gasteiger partial charge in [-0.25, -0.2) is 4.68 Å². The topological polar surface area (TPSA) is 54.9 Å². The third kappa shape index (κ3) is 2.20. The molecule has 0 bridgehead atoms. The predicted molar refractivity (Wildman–Crippen MR) is 56.8 cm³/mol. The second-order valence-corrected chi connectivity index (χ2v) is 3.55. The Labute approximate surface area is 98.6 Å². The summed E-state index contributed by atoms with van der Waals surface area (Å²) in [6, 6.07) is 6.04. The number of alkyl halides is 3. The van der Waals surface area contributed by atoms with Crippen LogP contribution in [0.4, 0.5) is 13.2 Å². The molecule has 0 aliphatic rings. The van der Waals surface area contributed by atoms with E-state index in [-0.39, 0.29) is 5.69 Å². The number of rotatable bonds is 2. The van der Waals surface area contributed by atoms with Crippen molar-refractivity contribution in [2.45, 2.75) is 6.18 Å². The summed E-state index contributed by atoms with van der Waals surface area (Å²) in [6.45, 7) is 0. The van der Waals surface area contributed by atoms with Crippen molar-refractivity contribution in [1.82, 2.24) is 9.78 Å². The lowest BCUT2D eigenvalue weighted by Gasteiger charge is -2.04. The molecule has 94 valence electrons. The van der Waals surface area contributed by atoms with Gasteiger partial charge in [0.1, 0.15) is 12.0 Å². The van der Waals surface area contributed by atoms with E-state index in [1.807, 2.05) is 5.10 Å². The maximum Gasteiger partial charge on any atom is 0.432 e. The number of nitrogens with one attached hydrogen (secondary N) is 1. The van der Waals surface area contributed by atoms with E-state index in [4.69, 9.17) is 0 Å². The average Bonchev–Trinajstić information content (AvgIpc) is 2.71. The molecule has 4 nitrogen and oxygen atoms in total. The molecule has 0 fully saturated rings. The van der Waals surface area contributed by atoms with Gasteiger partial charge in [0.05, 0.1) is 5.69 Å². The Balaban J connectivity index is 2.47. The standard InChI is InChI=1S/C11H7F3N2O2/c12-11(13,14)9-5-10(18)16(15-9)8-3-1-7(6-17)2-4-8/h1-6,15H. The third-order valence-electron chi connectivity index (χ3n) is 2.31. The van der Waals surface area contributed by atoms with E-state index < -0.39 is 17.4 Å². The number of nitrogens with zero attached hydrogens (tertiary/aromatic N) is 1. The number of benzene rings is 1. The van der Waals surface area contributed by atoms with Gasteiger partial charge in [0.15, 0.2) is 0 Å². The number of aromatic amines is 1. The van der Waals surface area contributed by atoms with E-state index >= 15 is 0 Å². The lowest BCUT2D eigenvalue weighted by atomic mass is 10.2. The van der Waals surface area contributed by atoms with Crippen molar-refractivity contribution in [2.75, 3.05) is 0 Å². The number of hydrogen-bond donors (Lipinski definition) is 1. The highest BCUT2D eigenvalue weighted by Crippen LogP contribution is 2.26. The first kappa shape index (κ1) is 12.2. The van der Waals surface area contributed by atoms with Crippen LogP contribution in [-0.4, -0.2) is 16.1 Å². The summed E-state index contributed by atoms with van der Waals surface area (Å²) in [4.78, 5) is 21.8. The summed E-state index contributed by atoms with van der Waals surface area (Å²) in [6.07, 6.45) is -4.00. The molecule has 0 aliphatic heterocycles. The molecule has 0 amide bonds. The number of hydrogen-bond acceptors (Lipinski definition) is 2. The molecule has 7 heteroatoms. The first-order valence-electron chi connectivity index (χ1n) is 4.86. The van der Waals surface area contributed by atoms with Crippen LogP contribution in [0.25, 0.3) is 5.69 Å². The zero-order valence-electron chi connectivity index (χ0n) is 8.86. The summed E-state index contributed by atoms with van der Waals surface area (Å²) in [5.74, 6) is 0. The molecule has 2 rings (SSSR count). The fraction of sp³-hybridized carbons (Fsp3) is 0.0909. The molecule has 0 aliphatic carbocycles. The fourth-order valence-electron chi connectivity index (χ4n) is 1.43. The SMILES string of the molecule is O=Cc1ccc(-n2[nH]c(C(F)(F)F)cc2=O)cc1. The second-order valence-electron chi connectivity index (χ2n) is 3.55. The van der Waals surface area contributed by atoms with Gasteiger partial charge in [0.25, 0.3) is 5.56 Å². The highest BCUT2D eigenvalue weighted by atomic mass is 19.4. The molecule has 1 heterocycles. The highest BCUT2D eigenvalue weighted by Gasteiger charge is 2.33. The van der Waals surface area contributed by atoms with Crippen LogP contribution in [-0.2, 0) is 6.18 Å². The van der Waals surface area contributed by atoms with Gasteiger partial charge >= 0.3 is 6.18 Å². The Kier molecular flexibility index (Phi) is 2.82. The molecule has 0 spiro atoms. The zero-order chi connectivity index (χ0) is 13.3. The Morgan fingerprint density at radius 1 is 1.17 bits per heavy atom. The average molecular weight is 256 g/mol. The molecule has 0 saturated heterocycles. The fourth-order valence-corrected chi connectivity index (χ4v) is 1.43. The Morgan fingerprint density at radius 2 is 1.78 bits per heavy atom. The summed E-state index contributed by atoms with van der Waals surface area (Å²) in [5.41, 5.74) is -1.34. The first-order valence-corrected chi connectivity index (χ1v) is 4.86. The minimum absolute atomic E-state index is 0.223. The summed E-state index contributed by atoms with van der Waals surface area (Å²) < 4.78 is 37.9. The molecule has 1 aromatic carbocycles. The summed E-state index contributed by atoms with van der Waals surface area (Å²) in [5, 5.41) is 1.97. The summed E-state index contributed by atoms with van der Waals surface area (Å²) >= 11 is 0. The highest BCUT2D eigenvalue weighted by molar-refractivity contribution is 5.75. The van der Waals surface area contributed by atoms with E-state index in [0.29, 0.717) is 17.9 Å². The largest absolute Gasteiger partial charge is 0.432 e. The molecule has 0 saturated carbocycles. The van der Waals surface area contributed by atoms with Crippen molar-refractivity contribution in [1.29, 1.82) is 0 Å². The van der Waals surface area contributed by atoms with E-state index in [0.717, 1.165) is 4.68 Å². The molecule has 2 aromatic rings. The van der Waals surface area contributed by atoms with Gasteiger partial charge < -0.3 is 0 Å². The second kappa shape index (κ2) is 4.17. The van der Waals surface area contributed by atoms with Crippen LogP contribution in [0.3, 0.4) is 0 Å². The minimum atomic E-state index is -4.60. The van der Waals surface area contributed by atoms with Crippen LogP contribution in [0.15, 0.2) is 35.1 Å². The first-order chi connectivity index (χ1) is 8.41. The van der Waals surface area contributed by atoms with Gasteiger partial charge in [-0.05, 0) is 24.3 Å². The van der Waals surface area contributed by atoms with Gasteiger partial charge in [-0.3, -0.25) is 14.7 Å². The minimum Gasteiger partial charge on any atom is -0.298 e. The Bertz CT molecular complexity index is 623. The van der Waals surface area contributed by atoms with Crippen molar-refractivity contribution in [3.05, 3.63) is 51.9 Å². The number of aromatic nitrogens is 2. The van der Waals surface area contributed by atoms with Gasteiger partial charge in [0.2, 0.25) is 0 Å². The molecule has 18 heavy (non-hydrogen) atoms. The van der Waals surface area contributed by atoms with Crippen LogP contribution in [0.2, 0.25) is 0 Å². The predicted octanol–water partition coefficient (Wildman–Crippen LogP) is 2.00. The molecular weight excluding hydrogens is 249 g/mol. The normalized spacial score (nSPS) is 11.5. The maximum absolute atomic E-state index is 12.4. The van der Waals surface area contributed by atoms with Gasteiger partial charge in [-0.1, -0.05) is 0 Å². The number of carbonyl (C=O) groups is 1. The van der Waals surface area contributed by atoms with E-state index in [2.05, 4.69) is 0 Å². The number of H-pyrrole nitrogens is 1. The number of aldehydes is 1. The molecule has 0 radical (unpaired) electrons. The van der Waals surface area contributed by atoms with Crippen LogP contribution in [0, 0.1) is 0 Å². The zero-order valence-corrected chi connectivity index (χ0v) is 8.86. The van der Waals surface area contributed by atoms with Gasteiger partial charge in [-0.2, -0.15) is 13.2 Å². The van der Waals surface area contributed by atoms with E-state index in [1.54, 1.807) is 0 Å². The number of halogens is 3. The summed E-state index contributed by atoms with van der Waals surface area (Å²) in [7, 11) is 0. The molecule has 1 aromatic heterocycles. The Hall–Kier alpha value is -2.31. The van der Waals surface area contributed by atoms with Crippen LogP contribution in [0.5, 0.6) is 0 Å². The van der Waals surface area contributed by atoms with Crippen LogP contribution >= 0.6 is 0 Å². The van der Waals surface area contributed by atoms with Gasteiger partial charge in [-0.15, -0.1) is 0 Å². The van der Waals surface area contributed by atoms with Crippen molar-refractivity contribution < 1.29 is 18.0 Å². The third-order valence-corrected chi connectivity index (χ3v) is 2.31. The quantitative estimate of drug-likeness (QED) is 0.835. The van der Waals surface area contributed by atoms with Crippen molar-refractivity contribution in [2.24, 2.45) is 0 Å². The monoisotopic (exact) mass is 256 g/mol. The smallest absolute Gasteiger partial charge is 0.298 e. The van der Waals surface area contributed by atoms with Crippen molar-refractivity contribution in [3.63, 3.8) is 0 Å². The molecule has 1 N–H and O–H groups in total. The maximum atomic E-state index is 12.4. The van der Waals surface area contributed by atoms with E-state index in [9.17, 15) is 22.8 Å².